The number of rotatable bonds is 4. The minimum absolute atomic E-state index is 0.144. The number of hydrogen-bond donors (Lipinski definition) is 3. The number of nitrogens with one attached hydrogen (secondary N) is 1. The first-order chi connectivity index (χ1) is 7.74. The van der Waals surface area contributed by atoms with Crippen molar-refractivity contribution in [1.29, 1.82) is 0 Å². The van der Waals surface area contributed by atoms with E-state index in [2.05, 4.69) is 9.97 Å². The number of nitrogens with two attached hydrogens (primary N) is 1. The average Bonchev–Trinajstić information content (AvgIpc) is 2.70. The highest BCUT2D eigenvalue weighted by Crippen LogP contribution is 2.19. The Labute approximate surface area is 93.9 Å². The number of anilines is 1. The zero-order valence-electron chi connectivity index (χ0n) is 9.27. The van der Waals surface area contributed by atoms with Crippen LogP contribution in [0.1, 0.15) is 5.82 Å². The van der Waals surface area contributed by atoms with Gasteiger partial charge < -0.3 is 20.7 Å². The number of aromatic amines is 1. The van der Waals surface area contributed by atoms with Crippen LogP contribution >= 0.6 is 0 Å². The number of likely N-dealkylation sites (N-methyl/N-ethyl adjacent to an activating group) is 1. The fourth-order valence-electron chi connectivity index (χ4n) is 1.66. The van der Waals surface area contributed by atoms with Gasteiger partial charge in [0.2, 0.25) is 0 Å². The maximum atomic E-state index is 8.88. The lowest BCUT2D eigenvalue weighted by atomic mass is 10.2. The van der Waals surface area contributed by atoms with Crippen LogP contribution in [0.2, 0.25) is 0 Å². The standard InChI is InChI=1S/C11H16N4O/c1-15(4-5-16)8-2-3-9-10(6-8)14-11(7-12)13-9/h2-3,6,16H,4-5,7,12H2,1H3,(H,13,14). The van der Waals surface area contributed by atoms with Gasteiger partial charge in [-0.3, -0.25) is 0 Å². The van der Waals surface area contributed by atoms with Crippen LogP contribution < -0.4 is 10.6 Å². The molecule has 0 bridgehead atoms. The molecule has 1 aromatic heterocycles. The van der Waals surface area contributed by atoms with E-state index in [9.17, 15) is 0 Å². The molecule has 0 fully saturated rings. The van der Waals surface area contributed by atoms with Gasteiger partial charge in [-0.25, -0.2) is 4.98 Å². The normalized spacial score (nSPS) is 10.9. The lowest BCUT2D eigenvalue weighted by molar-refractivity contribution is 0.304. The molecule has 86 valence electrons. The highest BCUT2D eigenvalue weighted by Gasteiger charge is 2.04. The van der Waals surface area contributed by atoms with Crippen LogP contribution in [-0.2, 0) is 6.54 Å². The molecule has 0 amide bonds. The Morgan fingerprint density at radius 1 is 1.50 bits per heavy atom. The Hall–Kier alpha value is -1.59. The number of aliphatic hydroxyl groups excluding tert-OH is 1. The van der Waals surface area contributed by atoms with E-state index in [0.29, 0.717) is 13.1 Å². The zero-order valence-corrected chi connectivity index (χ0v) is 9.27. The van der Waals surface area contributed by atoms with Crippen molar-refractivity contribution in [1.82, 2.24) is 9.97 Å². The van der Waals surface area contributed by atoms with Crippen molar-refractivity contribution in [3.8, 4) is 0 Å². The van der Waals surface area contributed by atoms with Gasteiger partial charge in [-0.15, -0.1) is 0 Å². The van der Waals surface area contributed by atoms with Crippen molar-refractivity contribution in [2.24, 2.45) is 5.73 Å². The first-order valence-electron chi connectivity index (χ1n) is 5.25. The largest absolute Gasteiger partial charge is 0.395 e. The smallest absolute Gasteiger partial charge is 0.121 e. The Morgan fingerprint density at radius 3 is 3.00 bits per heavy atom. The molecule has 0 spiro atoms. The summed E-state index contributed by atoms with van der Waals surface area (Å²) in [5.74, 6) is 0.789. The number of aromatic nitrogens is 2. The molecule has 0 aliphatic carbocycles. The zero-order chi connectivity index (χ0) is 11.5. The molecule has 0 aliphatic rings. The minimum Gasteiger partial charge on any atom is -0.395 e. The van der Waals surface area contributed by atoms with Gasteiger partial charge in [0.25, 0.3) is 0 Å². The summed E-state index contributed by atoms with van der Waals surface area (Å²) in [7, 11) is 1.94. The Morgan fingerprint density at radius 2 is 2.31 bits per heavy atom. The van der Waals surface area contributed by atoms with Crippen molar-refractivity contribution in [3.63, 3.8) is 0 Å². The summed E-state index contributed by atoms with van der Waals surface area (Å²) in [6.45, 7) is 1.17. The molecule has 2 aromatic rings. The van der Waals surface area contributed by atoms with Crippen LogP contribution in [0.15, 0.2) is 18.2 Å². The summed E-state index contributed by atoms with van der Waals surface area (Å²) >= 11 is 0. The van der Waals surface area contributed by atoms with Crippen molar-refractivity contribution in [2.45, 2.75) is 6.54 Å². The fourth-order valence-corrected chi connectivity index (χ4v) is 1.66. The first-order valence-corrected chi connectivity index (χ1v) is 5.25. The lowest BCUT2D eigenvalue weighted by Crippen LogP contribution is -2.20. The van der Waals surface area contributed by atoms with E-state index in [4.69, 9.17) is 10.8 Å². The van der Waals surface area contributed by atoms with Gasteiger partial charge in [0.1, 0.15) is 5.82 Å². The van der Waals surface area contributed by atoms with Gasteiger partial charge in [0.05, 0.1) is 24.2 Å². The van der Waals surface area contributed by atoms with E-state index in [1.807, 2.05) is 30.1 Å². The predicted molar refractivity (Wildman–Crippen MR) is 64.3 cm³/mol. The molecule has 0 unspecified atom stereocenters. The third-order valence-corrected chi connectivity index (χ3v) is 2.58. The van der Waals surface area contributed by atoms with Crippen molar-refractivity contribution in [2.75, 3.05) is 25.1 Å². The van der Waals surface area contributed by atoms with E-state index in [-0.39, 0.29) is 6.61 Å². The summed E-state index contributed by atoms with van der Waals surface area (Å²) in [6, 6.07) is 5.95. The molecule has 0 saturated carbocycles. The number of aliphatic hydroxyl groups is 1. The van der Waals surface area contributed by atoms with Gasteiger partial charge in [0, 0.05) is 19.3 Å². The second-order valence-electron chi connectivity index (χ2n) is 3.73. The second-order valence-corrected chi connectivity index (χ2v) is 3.73. The van der Waals surface area contributed by atoms with Crippen LogP contribution in [0.25, 0.3) is 11.0 Å². The molecule has 1 heterocycles. The highest BCUT2D eigenvalue weighted by molar-refractivity contribution is 5.79. The van der Waals surface area contributed by atoms with Crippen molar-refractivity contribution >= 4 is 16.7 Å². The van der Waals surface area contributed by atoms with Gasteiger partial charge in [-0.2, -0.15) is 0 Å². The van der Waals surface area contributed by atoms with E-state index < -0.39 is 0 Å². The molecule has 0 aliphatic heterocycles. The Bertz CT molecular complexity index is 480. The number of H-pyrrole nitrogens is 1. The lowest BCUT2D eigenvalue weighted by Gasteiger charge is -2.17. The monoisotopic (exact) mass is 220 g/mol. The van der Waals surface area contributed by atoms with Crippen LogP contribution in [-0.4, -0.2) is 35.3 Å². The fraction of sp³-hybridized carbons (Fsp3) is 0.364. The molecule has 1 aromatic carbocycles. The molecule has 4 N–H and O–H groups in total. The summed E-state index contributed by atoms with van der Waals surface area (Å²) in [4.78, 5) is 9.48. The number of nitrogens with zero attached hydrogens (tertiary/aromatic N) is 2. The number of imidazole rings is 1. The van der Waals surface area contributed by atoms with Crippen LogP contribution in [0.3, 0.4) is 0 Å². The average molecular weight is 220 g/mol. The molecule has 2 rings (SSSR count). The third-order valence-electron chi connectivity index (χ3n) is 2.58. The van der Waals surface area contributed by atoms with Gasteiger partial charge in [0.15, 0.2) is 0 Å². The molecule has 0 radical (unpaired) electrons. The summed E-state index contributed by atoms with van der Waals surface area (Å²) in [5, 5.41) is 8.88. The molecular weight excluding hydrogens is 204 g/mol. The molecule has 5 nitrogen and oxygen atoms in total. The molecule has 16 heavy (non-hydrogen) atoms. The van der Waals surface area contributed by atoms with Crippen molar-refractivity contribution < 1.29 is 5.11 Å². The van der Waals surface area contributed by atoms with E-state index in [0.717, 1.165) is 22.5 Å². The summed E-state index contributed by atoms with van der Waals surface area (Å²) < 4.78 is 0. The number of hydrogen-bond acceptors (Lipinski definition) is 4. The maximum absolute atomic E-state index is 8.88. The number of benzene rings is 1. The van der Waals surface area contributed by atoms with Gasteiger partial charge in [-0.1, -0.05) is 0 Å². The number of fused-ring (bicyclic) bond motifs is 1. The molecule has 5 heteroatoms. The Balaban J connectivity index is 2.35. The van der Waals surface area contributed by atoms with Gasteiger partial charge in [-0.05, 0) is 18.2 Å². The van der Waals surface area contributed by atoms with Gasteiger partial charge >= 0.3 is 0 Å². The molecule has 0 atom stereocenters. The predicted octanol–water partition coefficient (Wildman–Crippen LogP) is 0.450. The second kappa shape index (κ2) is 4.51. The third kappa shape index (κ3) is 2.00. The highest BCUT2D eigenvalue weighted by atomic mass is 16.3. The van der Waals surface area contributed by atoms with E-state index in [1.54, 1.807) is 0 Å². The summed E-state index contributed by atoms with van der Waals surface area (Å²) in [5.41, 5.74) is 8.46. The SMILES string of the molecule is CN(CCO)c1ccc2nc(CN)[nH]c2c1. The topological polar surface area (TPSA) is 78.2 Å². The maximum Gasteiger partial charge on any atom is 0.121 e. The minimum atomic E-state index is 0.144. The first kappa shape index (κ1) is 10.9. The van der Waals surface area contributed by atoms with Crippen LogP contribution in [0.5, 0.6) is 0 Å². The summed E-state index contributed by atoms with van der Waals surface area (Å²) in [6.07, 6.45) is 0. The molecular formula is C11H16N4O. The molecule has 0 saturated heterocycles. The van der Waals surface area contributed by atoms with Crippen LogP contribution in [0.4, 0.5) is 5.69 Å². The van der Waals surface area contributed by atoms with E-state index >= 15 is 0 Å². The van der Waals surface area contributed by atoms with E-state index in [1.165, 1.54) is 0 Å². The quantitative estimate of drug-likeness (QED) is 0.699. The Kier molecular flexibility index (Phi) is 3.07. The van der Waals surface area contributed by atoms with Crippen molar-refractivity contribution in [3.05, 3.63) is 24.0 Å². The van der Waals surface area contributed by atoms with Crippen LogP contribution in [0, 0.1) is 0 Å².